The zero-order chi connectivity index (χ0) is 16.7. The van der Waals surface area contributed by atoms with Gasteiger partial charge in [-0.15, -0.1) is 0 Å². The van der Waals surface area contributed by atoms with E-state index in [2.05, 4.69) is 10.00 Å². The minimum atomic E-state index is -0.108. The summed E-state index contributed by atoms with van der Waals surface area (Å²) in [5, 5.41) is 4.14. The van der Waals surface area contributed by atoms with Crippen molar-refractivity contribution in [1.82, 2.24) is 14.7 Å². The van der Waals surface area contributed by atoms with Gasteiger partial charge in [0.15, 0.2) is 0 Å². The van der Waals surface area contributed by atoms with Gasteiger partial charge >= 0.3 is 0 Å². The third kappa shape index (κ3) is 2.51. The summed E-state index contributed by atoms with van der Waals surface area (Å²) in [6, 6.07) is 0. The molecule has 130 valence electrons. The molecule has 1 atom stereocenters. The Morgan fingerprint density at radius 1 is 1.33 bits per heavy atom. The Bertz CT molecular complexity index is 650. The lowest BCUT2D eigenvalue weighted by atomic mass is 9.76. The van der Waals surface area contributed by atoms with Gasteiger partial charge in [0.1, 0.15) is 0 Å². The smallest absolute Gasteiger partial charge is 0.227 e. The first-order chi connectivity index (χ1) is 11.6. The quantitative estimate of drug-likeness (QED) is 0.808. The summed E-state index contributed by atoms with van der Waals surface area (Å²) in [7, 11) is 1.83. The van der Waals surface area contributed by atoms with Crippen molar-refractivity contribution < 1.29 is 14.3 Å². The highest BCUT2D eigenvalue weighted by atomic mass is 16.5. The van der Waals surface area contributed by atoms with Gasteiger partial charge in [-0.3, -0.25) is 14.3 Å². The van der Waals surface area contributed by atoms with Gasteiger partial charge in [-0.25, -0.2) is 0 Å². The Balaban J connectivity index is 1.48. The van der Waals surface area contributed by atoms with Crippen molar-refractivity contribution in [2.75, 3.05) is 31.2 Å². The molecular formula is C17H24N4O3. The van der Waals surface area contributed by atoms with Gasteiger partial charge in [-0.1, -0.05) is 0 Å². The van der Waals surface area contributed by atoms with Gasteiger partial charge in [0.2, 0.25) is 11.8 Å². The Morgan fingerprint density at radius 2 is 2.12 bits per heavy atom. The Morgan fingerprint density at radius 3 is 2.75 bits per heavy atom. The molecule has 7 nitrogen and oxygen atoms in total. The molecular weight excluding hydrogens is 308 g/mol. The normalized spacial score (nSPS) is 26.5. The number of likely N-dealkylation sites (tertiary alicyclic amines) is 1. The van der Waals surface area contributed by atoms with Gasteiger partial charge in [-0.05, 0) is 25.7 Å². The van der Waals surface area contributed by atoms with Crippen LogP contribution in [0.25, 0.3) is 0 Å². The van der Waals surface area contributed by atoms with Gasteiger partial charge < -0.3 is 14.5 Å². The predicted molar refractivity (Wildman–Crippen MR) is 87.4 cm³/mol. The fourth-order valence-electron chi connectivity index (χ4n) is 4.22. The summed E-state index contributed by atoms with van der Waals surface area (Å²) in [5.74, 6) is 0.184. The molecule has 0 aromatic carbocycles. The summed E-state index contributed by atoms with van der Waals surface area (Å²) >= 11 is 0. The number of amides is 2. The van der Waals surface area contributed by atoms with E-state index in [1.165, 1.54) is 0 Å². The average Bonchev–Trinajstić information content (AvgIpc) is 3.01. The SMILES string of the molecule is Cn1cc(N2CC(C(=O)N3CCC34CCOCC4)CCC2=O)cn1. The number of aromatic nitrogens is 2. The maximum Gasteiger partial charge on any atom is 0.227 e. The molecule has 24 heavy (non-hydrogen) atoms. The number of hydrogen-bond donors (Lipinski definition) is 0. The van der Waals surface area contributed by atoms with E-state index in [4.69, 9.17) is 4.74 Å². The molecule has 3 aliphatic heterocycles. The molecule has 3 aliphatic rings. The number of anilines is 1. The van der Waals surface area contributed by atoms with Crippen molar-refractivity contribution >= 4 is 17.5 Å². The Kier molecular flexibility index (Phi) is 3.83. The molecule has 0 radical (unpaired) electrons. The molecule has 3 fully saturated rings. The lowest BCUT2D eigenvalue weighted by Gasteiger charge is -2.56. The number of hydrogen-bond acceptors (Lipinski definition) is 4. The predicted octanol–water partition coefficient (Wildman–Crippen LogP) is 0.945. The molecule has 2 amide bonds. The first kappa shape index (κ1) is 15.6. The lowest BCUT2D eigenvalue weighted by molar-refractivity contribution is -0.161. The molecule has 1 aromatic rings. The number of rotatable bonds is 2. The number of aryl methyl sites for hydroxylation is 1. The van der Waals surface area contributed by atoms with Crippen LogP contribution < -0.4 is 4.90 Å². The maximum absolute atomic E-state index is 13.1. The number of piperidine rings is 1. The van der Waals surface area contributed by atoms with E-state index in [0.29, 0.717) is 19.4 Å². The zero-order valence-electron chi connectivity index (χ0n) is 14.1. The monoisotopic (exact) mass is 332 g/mol. The largest absolute Gasteiger partial charge is 0.381 e. The van der Waals surface area contributed by atoms with Crippen LogP contribution in [0, 0.1) is 5.92 Å². The highest BCUT2D eigenvalue weighted by molar-refractivity contribution is 5.96. The minimum Gasteiger partial charge on any atom is -0.381 e. The van der Waals surface area contributed by atoms with Crippen molar-refractivity contribution in [3.63, 3.8) is 0 Å². The number of carbonyl (C=O) groups excluding carboxylic acids is 2. The molecule has 0 bridgehead atoms. The number of ether oxygens (including phenoxy) is 1. The van der Waals surface area contributed by atoms with Crippen LogP contribution in [0.4, 0.5) is 5.69 Å². The van der Waals surface area contributed by atoms with E-state index >= 15 is 0 Å². The Hall–Kier alpha value is -1.89. The van der Waals surface area contributed by atoms with Crippen molar-refractivity contribution in [2.24, 2.45) is 13.0 Å². The second kappa shape index (κ2) is 5.88. The van der Waals surface area contributed by atoms with Crippen LogP contribution in [0.3, 0.4) is 0 Å². The molecule has 4 heterocycles. The van der Waals surface area contributed by atoms with Crippen LogP contribution in [0.5, 0.6) is 0 Å². The van der Waals surface area contributed by atoms with Crippen molar-refractivity contribution in [1.29, 1.82) is 0 Å². The third-order valence-corrected chi connectivity index (χ3v) is 5.83. The van der Waals surface area contributed by atoms with Gasteiger partial charge in [0.25, 0.3) is 0 Å². The van der Waals surface area contributed by atoms with E-state index in [-0.39, 0.29) is 23.3 Å². The first-order valence-electron chi connectivity index (χ1n) is 8.77. The van der Waals surface area contributed by atoms with Crippen LogP contribution in [0.1, 0.15) is 32.1 Å². The molecule has 4 rings (SSSR count). The standard InChI is InChI=1S/C17H24N4O3/c1-19-12-14(10-18-19)20-11-13(2-3-15(20)22)16(23)21-7-4-17(21)5-8-24-9-6-17/h10,12-13H,2-9,11H2,1H3. The summed E-state index contributed by atoms with van der Waals surface area (Å²) in [5.41, 5.74) is 0.806. The minimum absolute atomic E-state index is 0.0237. The summed E-state index contributed by atoms with van der Waals surface area (Å²) in [6.45, 7) is 2.80. The summed E-state index contributed by atoms with van der Waals surface area (Å²) in [6.07, 6.45) is 7.56. The van der Waals surface area contributed by atoms with Gasteiger partial charge in [-0.2, -0.15) is 5.10 Å². The highest BCUT2D eigenvalue weighted by Gasteiger charge is 2.50. The molecule has 3 saturated heterocycles. The van der Waals surface area contributed by atoms with Crippen LogP contribution in [0.2, 0.25) is 0 Å². The average molecular weight is 332 g/mol. The van der Waals surface area contributed by atoms with Crippen LogP contribution in [-0.2, 0) is 21.4 Å². The lowest BCUT2D eigenvalue weighted by Crippen LogP contribution is -2.66. The zero-order valence-corrected chi connectivity index (χ0v) is 14.1. The fraction of sp³-hybridized carbons (Fsp3) is 0.706. The van der Waals surface area contributed by atoms with E-state index in [0.717, 1.165) is 44.7 Å². The van der Waals surface area contributed by atoms with E-state index in [9.17, 15) is 9.59 Å². The summed E-state index contributed by atoms with van der Waals surface area (Å²) in [4.78, 5) is 29.1. The second-order valence-electron chi connectivity index (χ2n) is 7.19. The second-order valence-corrected chi connectivity index (χ2v) is 7.19. The molecule has 1 spiro atoms. The van der Waals surface area contributed by atoms with E-state index in [1.54, 1.807) is 15.8 Å². The van der Waals surface area contributed by atoms with Crippen LogP contribution in [0.15, 0.2) is 12.4 Å². The molecule has 7 heteroatoms. The number of carbonyl (C=O) groups is 2. The molecule has 0 aliphatic carbocycles. The summed E-state index contributed by atoms with van der Waals surface area (Å²) < 4.78 is 7.15. The van der Waals surface area contributed by atoms with E-state index < -0.39 is 0 Å². The molecule has 1 unspecified atom stereocenters. The van der Waals surface area contributed by atoms with Crippen molar-refractivity contribution in [3.05, 3.63) is 12.4 Å². The fourth-order valence-corrected chi connectivity index (χ4v) is 4.22. The molecule has 1 aromatic heterocycles. The van der Waals surface area contributed by atoms with Gasteiger partial charge in [0.05, 0.1) is 17.8 Å². The Labute approximate surface area is 141 Å². The third-order valence-electron chi connectivity index (χ3n) is 5.83. The molecule has 0 N–H and O–H groups in total. The van der Waals surface area contributed by atoms with Crippen LogP contribution in [-0.4, -0.2) is 58.3 Å². The van der Waals surface area contributed by atoms with Crippen molar-refractivity contribution in [3.8, 4) is 0 Å². The first-order valence-corrected chi connectivity index (χ1v) is 8.77. The molecule has 0 saturated carbocycles. The van der Waals surface area contributed by atoms with E-state index in [1.807, 2.05) is 13.2 Å². The number of nitrogens with zero attached hydrogens (tertiary/aromatic N) is 4. The maximum atomic E-state index is 13.1. The van der Waals surface area contributed by atoms with Gasteiger partial charge in [0, 0.05) is 51.5 Å². The van der Waals surface area contributed by atoms with Crippen LogP contribution >= 0.6 is 0 Å². The van der Waals surface area contributed by atoms with Crippen molar-refractivity contribution in [2.45, 2.75) is 37.6 Å². The topological polar surface area (TPSA) is 67.7 Å². The highest BCUT2D eigenvalue weighted by Crippen LogP contribution is 2.41.